The molecule has 0 saturated carbocycles. The molecule has 0 bridgehead atoms. The maximum absolute atomic E-state index is 13.3. The second-order valence-corrected chi connectivity index (χ2v) is 6.79. The van der Waals surface area contributed by atoms with E-state index in [1.165, 1.54) is 13.0 Å². The van der Waals surface area contributed by atoms with Crippen LogP contribution in [0.25, 0.3) is 0 Å². The summed E-state index contributed by atoms with van der Waals surface area (Å²) in [7, 11) is 1.12. The molecule has 0 aliphatic rings. The topological polar surface area (TPSA) is 106 Å². The molecule has 0 spiro atoms. The molecule has 1 aromatic heterocycles. The molecule has 0 aliphatic carbocycles. The number of benzene rings is 1. The van der Waals surface area contributed by atoms with E-state index in [-0.39, 0.29) is 17.8 Å². The smallest absolute Gasteiger partial charge is 0.417 e. The summed E-state index contributed by atoms with van der Waals surface area (Å²) in [5, 5.41) is 14.9. The highest BCUT2D eigenvalue weighted by Crippen LogP contribution is 2.34. The zero-order chi connectivity index (χ0) is 24.1. The molecule has 2 aromatic rings. The zero-order valence-electron chi connectivity index (χ0n) is 17.0. The highest BCUT2D eigenvalue weighted by atomic mass is 19.4. The van der Waals surface area contributed by atoms with Crippen molar-refractivity contribution >= 4 is 17.6 Å². The predicted octanol–water partition coefficient (Wildman–Crippen LogP) is 3.06. The van der Waals surface area contributed by atoms with Crippen LogP contribution < -0.4 is 5.32 Å². The number of alkyl halides is 3. The van der Waals surface area contributed by atoms with Gasteiger partial charge in [-0.3, -0.25) is 9.48 Å². The fourth-order valence-corrected chi connectivity index (χ4v) is 2.58. The molecule has 8 nitrogen and oxygen atoms in total. The van der Waals surface area contributed by atoms with Crippen LogP contribution in [0.5, 0.6) is 0 Å². The van der Waals surface area contributed by atoms with E-state index in [1.54, 1.807) is 0 Å². The molecule has 170 valence electrons. The van der Waals surface area contributed by atoms with Crippen LogP contribution in [0, 0.1) is 17.1 Å². The maximum atomic E-state index is 13.3. The summed E-state index contributed by atoms with van der Waals surface area (Å²) < 4.78 is 64.0. The fraction of sp³-hybridized carbons (Fsp3) is 0.300. The molecule has 0 fully saturated rings. The Kier molecular flexibility index (Phi) is 7.37. The van der Waals surface area contributed by atoms with Crippen molar-refractivity contribution in [3.63, 3.8) is 0 Å². The summed E-state index contributed by atoms with van der Waals surface area (Å²) in [5.74, 6) is -2.39. The molecule has 0 unspecified atom stereocenters. The molecule has 1 N–H and O–H groups in total. The number of esters is 1. The van der Waals surface area contributed by atoms with Crippen molar-refractivity contribution in [1.29, 1.82) is 5.26 Å². The number of methoxy groups -OCH3 is 1. The van der Waals surface area contributed by atoms with Crippen LogP contribution in [0.2, 0.25) is 0 Å². The number of carbonyl (C=O) groups is 2. The van der Waals surface area contributed by atoms with E-state index in [0.717, 1.165) is 36.3 Å². The third kappa shape index (κ3) is 5.92. The summed E-state index contributed by atoms with van der Waals surface area (Å²) in [6.45, 7) is 3.95. The number of hydrogen-bond donors (Lipinski definition) is 1. The van der Waals surface area contributed by atoms with Crippen LogP contribution in [0.15, 0.2) is 42.7 Å². The molecule has 1 heterocycles. The quantitative estimate of drug-likeness (QED) is 0.373. The Morgan fingerprint density at radius 3 is 2.56 bits per heavy atom. The molecule has 32 heavy (non-hydrogen) atoms. The van der Waals surface area contributed by atoms with E-state index in [0.29, 0.717) is 6.07 Å². The number of nitriles is 1. The summed E-state index contributed by atoms with van der Waals surface area (Å²) in [5.41, 5.74) is -4.04. The van der Waals surface area contributed by atoms with Gasteiger partial charge in [0.1, 0.15) is 0 Å². The maximum Gasteiger partial charge on any atom is 0.417 e. The standard InChI is InChI=1S/C20H18F4N4O4/c1-12(17(29)31-3)10-32-19(2,11-28-9-14(21)8-26-28)18(30)27-15-5-4-13(7-25)16(6-15)20(22,23)24/h4-6,8-9H,1,10-11H2,2-3H3,(H,27,30)/t19-/m0/s1. The number of ether oxygens (including phenoxy) is 2. The number of aromatic nitrogens is 2. The first kappa shape index (κ1) is 24.5. The van der Waals surface area contributed by atoms with Gasteiger partial charge in [0, 0.05) is 5.69 Å². The number of nitrogens with zero attached hydrogens (tertiary/aromatic N) is 3. The third-order valence-electron chi connectivity index (χ3n) is 4.29. The number of anilines is 1. The normalized spacial score (nSPS) is 13.0. The summed E-state index contributed by atoms with van der Waals surface area (Å²) in [4.78, 5) is 24.5. The van der Waals surface area contributed by atoms with Gasteiger partial charge in [-0.1, -0.05) is 6.58 Å². The Hall–Kier alpha value is -3.72. The van der Waals surface area contributed by atoms with Gasteiger partial charge in [0.2, 0.25) is 0 Å². The molecule has 0 radical (unpaired) electrons. The van der Waals surface area contributed by atoms with Crippen LogP contribution in [0.1, 0.15) is 18.1 Å². The first-order chi connectivity index (χ1) is 14.9. The van der Waals surface area contributed by atoms with Crippen molar-refractivity contribution in [2.24, 2.45) is 0 Å². The number of halogens is 4. The van der Waals surface area contributed by atoms with E-state index >= 15 is 0 Å². The number of nitrogens with one attached hydrogen (secondary N) is 1. The monoisotopic (exact) mass is 454 g/mol. The molecule has 1 atom stereocenters. The Morgan fingerprint density at radius 2 is 2.03 bits per heavy atom. The third-order valence-corrected chi connectivity index (χ3v) is 4.29. The van der Waals surface area contributed by atoms with Gasteiger partial charge in [0.15, 0.2) is 11.4 Å². The minimum atomic E-state index is -4.82. The van der Waals surface area contributed by atoms with Gasteiger partial charge in [0.25, 0.3) is 5.91 Å². The lowest BCUT2D eigenvalue weighted by atomic mass is 10.0. The lowest BCUT2D eigenvalue weighted by Gasteiger charge is -2.29. The van der Waals surface area contributed by atoms with Gasteiger partial charge in [-0.15, -0.1) is 0 Å². The Bertz CT molecular complexity index is 1070. The van der Waals surface area contributed by atoms with Crippen LogP contribution in [-0.4, -0.2) is 41.0 Å². The summed E-state index contributed by atoms with van der Waals surface area (Å²) in [6, 6.07) is 4.08. The van der Waals surface area contributed by atoms with Crippen LogP contribution in [0.3, 0.4) is 0 Å². The number of rotatable bonds is 8. The van der Waals surface area contributed by atoms with Crippen molar-refractivity contribution in [3.05, 3.63) is 59.7 Å². The minimum absolute atomic E-state index is 0.129. The molecular weight excluding hydrogens is 436 g/mol. The second kappa shape index (κ2) is 9.61. The van der Waals surface area contributed by atoms with Crippen molar-refractivity contribution in [2.75, 3.05) is 19.0 Å². The van der Waals surface area contributed by atoms with E-state index < -0.39 is 47.2 Å². The van der Waals surface area contributed by atoms with Gasteiger partial charge in [0.05, 0.1) is 55.4 Å². The fourth-order valence-electron chi connectivity index (χ4n) is 2.58. The number of carbonyl (C=O) groups excluding carboxylic acids is 2. The van der Waals surface area contributed by atoms with Crippen molar-refractivity contribution in [1.82, 2.24) is 9.78 Å². The average molecular weight is 454 g/mol. The lowest BCUT2D eigenvalue weighted by Crippen LogP contribution is -2.47. The molecular formula is C20H18F4N4O4. The number of hydrogen-bond acceptors (Lipinski definition) is 6. The largest absolute Gasteiger partial charge is 0.466 e. The highest BCUT2D eigenvalue weighted by Gasteiger charge is 2.38. The Labute approximate surface area is 180 Å². The minimum Gasteiger partial charge on any atom is -0.466 e. The first-order valence-corrected chi connectivity index (χ1v) is 8.90. The Morgan fingerprint density at radius 1 is 1.34 bits per heavy atom. The average Bonchev–Trinajstić information content (AvgIpc) is 3.14. The highest BCUT2D eigenvalue weighted by molar-refractivity contribution is 5.97. The van der Waals surface area contributed by atoms with Crippen molar-refractivity contribution in [3.8, 4) is 6.07 Å². The van der Waals surface area contributed by atoms with Gasteiger partial charge in [-0.05, 0) is 25.1 Å². The summed E-state index contributed by atoms with van der Waals surface area (Å²) in [6.07, 6.45) is -2.95. The predicted molar refractivity (Wildman–Crippen MR) is 102 cm³/mol. The van der Waals surface area contributed by atoms with E-state index in [9.17, 15) is 27.2 Å². The van der Waals surface area contributed by atoms with Gasteiger partial charge >= 0.3 is 12.1 Å². The van der Waals surface area contributed by atoms with Crippen LogP contribution >= 0.6 is 0 Å². The lowest BCUT2D eigenvalue weighted by molar-refractivity contribution is -0.144. The number of amides is 1. The van der Waals surface area contributed by atoms with E-state index in [1.807, 2.05) is 0 Å². The van der Waals surface area contributed by atoms with Crippen LogP contribution in [0.4, 0.5) is 23.2 Å². The van der Waals surface area contributed by atoms with Gasteiger partial charge in [-0.2, -0.15) is 23.5 Å². The molecule has 1 aromatic carbocycles. The van der Waals surface area contributed by atoms with Crippen molar-refractivity contribution < 1.29 is 36.6 Å². The van der Waals surface area contributed by atoms with Crippen LogP contribution in [-0.2, 0) is 31.8 Å². The SMILES string of the molecule is C=C(CO[C@@](C)(Cn1cc(F)cn1)C(=O)Nc1ccc(C#N)c(C(F)(F)F)c1)C(=O)OC. The molecule has 1 amide bonds. The van der Waals surface area contributed by atoms with Crippen molar-refractivity contribution in [2.45, 2.75) is 25.2 Å². The zero-order valence-corrected chi connectivity index (χ0v) is 17.0. The van der Waals surface area contributed by atoms with Gasteiger partial charge < -0.3 is 14.8 Å². The molecule has 0 saturated heterocycles. The van der Waals surface area contributed by atoms with E-state index in [2.05, 4.69) is 21.7 Å². The first-order valence-electron chi connectivity index (χ1n) is 8.90. The molecule has 2 rings (SSSR count). The van der Waals surface area contributed by atoms with Gasteiger partial charge in [-0.25, -0.2) is 9.18 Å². The second-order valence-electron chi connectivity index (χ2n) is 6.79. The van der Waals surface area contributed by atoms with E-state index in [4.69, 9.17) is 10.00 Å². The molecule has 0 aliphatic heterocycles. The molecule has 12 heteroatoms. The summed E-state index contributed by atoms with van der Waals surface area (Å²) >= 11 is 0. The Balaban J connectivity index is 2.32.